The number of nitrogens with zero attached hydrogens (tertiary/aromatic N) is 3. The predicted octanol–water partition coefficient (Wildman–Crippen LogP) is 2.84. The zero-order valence-corrected chi connectivity index (χ0v) is 16.6. The normalized spacial score (nSPS) is 10.5. The van der Waals surface area contributed by atoms with Gasteiger partial charge >= 0.3 is 0 Å². The fourth-order valence-corrected chi connectivity index (χ4v) is 3.29. The summed E-state index contributed by atoms with van der Waals surface area (Å²) in [6.45, 7) is 2.49. The van der Waals surface area contributed by atoms with Crippen molar-refractivity contribution < 1.29 is 9.59 Å². The third-order valence-electron chi connectivity index (χ3n) is 3.84. The molecule has 9 heteroatoms. The maximum absolute atomic E-state index is 12.1. The van der Waals surface area contributed by atoms with Gasteiger partial charge in [-0.3, -0.25) is 20.4 Å². The second kappa shape index (κ2) is 9.38. The Labute approximate surface area is 171 Å². The Hall–Kier alpha value is -2.84. The Morgan fingerprint density at radius 1 is 1.04 bits per heavy atom. The third-order valence-corrected chi connectivity index (χ3v) is 5.06. The van der Waals surface area contributed by atoms with Gasteiger partial charge in [-0.15, -0.1) is 10.2 Å². The van der Waals surface area contributed by atoms with Crippen LogP contribution < -0.4 is 10.9 Å². The molecule has 144 valence electrons. The topological polar surface area (TPSA) is 88.9 Å². The molecular weight excluding hydrogens is 398 g/mol. The van der Waals surface area contributed by atoms with E-state index in [1.54, 1.807) is 24.3 Å². The van der Waals surface area contributed by atoms with Crippen LogP contribution >= 0.6 is 23.4 Å². The van der Waals surface area contributed by atoms with E-state index in [0.717, 1.165) is 11.4 Å². The zero-order chi connectivity index (χ0) is 19.9. The summed E-state index contributed by atoms with van der Waals surface area (Å²) in [5.41, 5.74) is 6.28. The van der Waals surface area contributed by atoms with E-state index in [0.29, 0.717) is 22.3 Å². The number of thioether (sulfide) groups is 1. The molecule has 0 aliphatic rings. The molecule has 7 nitrogen and oxygen atoms in total. The minimum atomic E-state index is -0.418. The number of nitrogens with one attached hydrogen (secondary N) is 2. The molecule has 2 amide bonds. The quantitative estimate of drug-likeness (QED) is 0.477. The number of aromatic nitrogens is 3. The highest BCUT2D eigenvalue weighted by Crippen LogP contribution is 2.18. The lowest BCUT2D eigenvalue weighted by Crippen LogP contribution is -2.42. The van der Waals surface area contributed by atoms with Gasteiger partial charge in [-0.1, -0.05) is 53.7 Å². The molecule has 0 bridgehead atoms. The summed E-state index contributed by atoms with van der Waals surface area (Å²) in [4.78, 5) is 24.1. The van der Waals surface area contributed by atoms with Gasteiger partial charge in [0.05, 0.1) is 12.3 Å². The van der Waals surface area contributed by atoms with Crippen LogP contribution in [0.1, 0.15) is 21.7 Å². The molecule has 3 rings (SSSR count). The molecule has 0 saturated heterocycles. The molecule has 0 atom stereocenters. The molecular formula is C19H18ClN5O2S. The summed E-state index contributed by atoms with van der Waals surface area (Å²) in [5, 5.41) is 9.40. The lowest BCUT2D eigenvalue weighted by molar-refractivity contribution is -0.119. The Kier molecular flexibility index (Phi) is 6.67. The summed E-state index contributed by atoms with van der Waals surface area (Å²) < 4.78 is 1.94. The third kappa shape index (κ3) is 5.34. The first kappa shape index (κ1) is 19.9. The highest BCUT2D eigenvalue weighted by molar-refractivity contribution is 7.99. The first-order chi connectivity index (χ1) is 13.5. The van der Waals surface area contributed by atoms with Gasteiger partial charge < -0.3 is 4.57 Å². The summed E-state index contributed by atoms with van der Waals surface area (Å²) >= 11 is 7.04. The van der Waals surface area contributed by atoms with Crippen molar-refractivity contribution in [3.05, 3.63) is 76.6 Å². The second-order valence-corrected chi connectivity index (χ2v) is 7.28. The van der Waals surface area contributed by atoms with Gasteiger partial charge in [-0.2, -0.15) is 0 Å². The maximum Gasteiger partial charge on any atom is 0.269 e. The van der Waals surface area contributed by atoms with Gasteiger partial charge in [-0.05, 0) is 36.8 Å². The number of halogens is 1. The number of hydrogen-bond donors (Lipinski definition) is 2. The van der Waals surface area contributed by atoms with E-state index in [9.17, 15) is 9.59 Å². The van der Waals surface area contributed by atoms with Crippen LogP contribution in [0.4, 0.5) is 0 Å². The van der Waals surface area contributed by atoms with Crippen molar-refractivity contribution in [3.8, 4) is 0 Å². The first-order valence-corrected chi connectivity index (χ1v) is 9.80. The smallest absolute Gasteiger partial charge is 0.269 e. The van der Waals surface area contributed by atoms with Crippen LogP contribution in [-0.2, 0) is 11.3 Å². The SMILES string of the molecule is Cc1nnc(SCC(=O)NNC(=O)c2ccc(Cl)cc2)n1Cc1ccccc1. The highest BCUT2D eigenvalue weighted by Gasteiger charge is 2.13. The first-order valence-electron chi connectivity index (χ1n) is 8.44. The average molecular weight is 416 g/mol. The Balaban J connectivity index is 1.52. The van der Waals surface area contributed by atoms with Crippen molar-refractivity contribution in [2.24, 2.45) is 0 Å². The Morgan fingerprint density at radius 3 is 2.46 bits per heavy atom. The van der Waals surface area contributed by atoms with Crippen LogP contribution in [0.25, 0.3) is 0 Å². The fourth-order valence-electron chi connectivity index (χ4n) is 2.38. The number of rotatable bonds is 6. The molecule has 0 saturated carbocycles. The van der Waals surface area contributed by atoms with Gasteiger partial charge in [-0.25, -0.2) is 0 Å². The predicted molar refractivity (Wildman–Crippen MR) is 108 cm³/mol. The van der Waals surface area contributed by atoms with Gasteiger partial charge in [0.15, 0.2) is 5.16 Å². The van der Waals surface area contributed by atoms with Gasteiger partial charge in [0.1, 0.15) is 5.82 Å². The van der Waals surface area contributed by atoms with E-state index < -0.39 is 5.91 Å². The number of hydrazine groups is 1. The van der Waals surface area contributed by atoms with Crippen molar-refractivity contribution in [1.82, 2.24) is 25.6 Å². The molecule has 3 aromatic rings. The molecule has 0 radical (unpaired) electrons. The van der Waals surface area contributed by atoms with E-state index >= 15 is 0 Å². The van der Waals surface area contributed by atoms with E-state index in [4.69, 9.17) is 11.6 Å². The lowest BCUT2D eigenvalue weighted by atomic mass is 10.2. The average Bonchev–Trinajstić information content (AvgIpc) is 3.05. The second-order valence-electron chi connectivity index (χ2n) is 5.90. The standard InChI is InChI=1S/C19H18ClN5O2S/c1-13-21-24-19(25(13)11-14-5-3-2-4-6-14)28-12-17(26)22-23-18(27)15-7-9-16(20)10-8-15/h2-10H,11-12H2,1H3,(H,22,26)(H,23,27). The van der Waals surface area contributed by atoms with Gasteiger partial charge in [0, 0.05) is 10.6 Å². The zero-order valence-electron chi connectivity index (χ0n) is 15.1. The number of carbonyl (C=O) groups excluding carboxylic acids is 2. The van der Waals surface area contributed by atoms with Crippen LogP contribution in [0.5, 0.6) is 0 Å². The van der Waals surface area contributed by atoms with E-state index in [1.807, 2.05) is 41.8 Å². The van der Waals surface area contributed by atoms with Crippen LogP contribution in [0, 0.1) is 6.92 Å². The van der Waals surface area contributed by atoms with Gasteiger partial charge in [0.25, 0.3) is 5.91 Å². The lowest BCUT2D eigenvalue weighted by Gasteiger charge is -2.09. The largest absolute Gasteiger partial charge is 0.302 e. The summed E-state index contributed by atoms with van der Waals surface area (Å²) in [6, 6.07) is 16.3. The van der Waals surface area contributed by atoms with Crippen molar-refractivity contribution in [2.75, 3.05) is 5.75 Å². The fraction of sp³-hybridized carbons (Fsp3) is 0.158. The number of amides is 2. The van der Waals surface area contributed by atoms with E-state index in [-0.39, 0.29) is 11.7 Å². The molecule has 0 spiro atoms. The number of hydrogen-bond acceptors (Lipinski definition) is 5. The number of benzene rings is 2. The summed E-state index contributed by atoms with van der Waals surface area (Å²) in [5.74, 6) is 0.0912. The highest BCUT2D eigenvalue weighted by atomic mass is 35.5. The number of carbonyl (C=O) groups is 2. The summed E-state index contributed by atoms with van der Waals surface area (Å²) in [6.07, 6.45) is 0. The minimum Gasteiger partial charge on any atom is -0.302 e. The van der Waals surface area contributed by atoms with Crippen molar-refractivity contribution in [2.45, 2.75) is 18.6 Å². The van der Waals surface area contributed by atoms with Crippen LogP contribution in [-0.4, -0.2) is 32.3 Å². The Morgan fingerprint density at radius 2 is 1.75 bits per heavy atom. The van der Waals surface area contributed by atoms with Crippen molar-refractivity contribution in [1.29, 1.82) is 0 Å². The Bertz CT molecular complexity index is 960. The van der Waals surface area contributed by atoms with E-state index in [1.165, 1.54) is 11.8 Å². The number of aryl methyl sites for hydroxylation is 1. The van der Waals surface area contributed by atoms with Crippen molar-refractivity contribution in [3.63, 3.8) is 0 Å². The molecule has 1 aromatic heterocycles. The van der Waals surface area contributed by atoms with Crippen LogP contribution in [0.3, 0.4) is 0 Å². The van der Waals surface area contributed by atoms with E-state index in [2.05, 4.69) is 21.0 Å². The molecule has 0 fully saturated rings. The van der Waals surface area contributed by atoms with Crippen LogP contribution in [0.2, 0.25) is 5.02 Å². The monoisotopic (exact) mass is 415 g/mol. The molecule has 28 heavy (non-hydrogen) atoms. The maximum atomic E-state index is 12.1. The molecule has 0 aliphatic heterocycles. The molecule has 2 aromatic carbocycles. The van der Waals surface area contributed by atoms with Gasteiger partial charge in [0.2, 0.25) is 5.91 Å². The summed E-state index contributed by atoms with van der Waals surface area (Å²) in [7, 11) is 0. The molecule has 0 aliphatic carbocycles. The minimum absolute atomic E-state index is 0.0911. The van der Waals surface area contributed by atoms with Crippen molar-refractivity contribution >= 4 is 35.2 Å². The molecule has 2 N–H and O–H groups in total. The van der Waals surface area contributed by atoms with Crippen LogP contribution in [0.15, 0.2) is 59.8 Å². The molecule has 0 unspecified atom stereocenters. The molecule has 1 heterocycles.